The quantitative estimate of drug-likeness (QED) is 0.706. The number of rotatable bonds is 1. The van der Waals surface area contributed by atoms with Crippen molar-refractivity contribution < 1.29 is 13.2 Å². The van der Waals surface area contributed by atoms with E-state index in [2.05, 4.69) is 15.9 Å². The maximum Gasteiger partial charge on any atom is 0.395 e. The molecule has 0 aliphatic rings. The van der Waals surface area contributed by atoms with Crippen molar-refractivity contribution in [2.75, 3.05) is 0 Å². The summed E-state index contributed by atoms with van der Waals surface area (Å²) in [7, 11) is 0. The van der Waals surface area contributed by atoms with Crippen LogP contribution in [-0.2, 0) is 0 Å². The van der Waals surface area contributed by atoms with Crippen LogP contribution in [0.5, 0.6) is 0 Å². The minimum atomic E-state index is -4.17. The van der Waals surface area contributed by atoms with Crippen molar-refractivity contribution in [2.45, 2.75) is 25.9 Å². The minimum Gasteiger partial charge on any atom is -0.170 e. The van der Waals surface area contributed by atoms with Gasteiger partial charge in [0, 0.05) is 4.47 Å². The van der Waals surface area contributed by atoms with Gasteiger partial charge in [-0.2, -0.15) is 13.2 Å². The first kappa shape index (κ1) is 11.6. The Balaban J connectivity index is 3.07. The molecule has 0 saturated carbocycles. The van der Waals surface area contributed by atoms with Crippen molar-refractivity contribution in [3.05, 3.63) is 33.8 Å². The van der Waals surface area contributed by atoms with Crippen molar-refractivity contribution >= 4 is 15.9 Å². The van der Waals surface area contributed by atoms with E-state index in [-0.39, 0.29) is 0 Å². The Hall–Kier alpha value is -0.510. The van der Waals surface area contributed by atoms with Gasteiger partial charge in [0.05, 0.1) is 5.92 Å². The van der Waals surface area contributed by atoms with E-state index < -0.39 is 12.1 Å². The number of halogens is 4. The van der Waals surface area contributed by atoms with Crippen molar-refractivity contribution in [1.82, 2.24) is 0 Å². The number of hydrogen-bond acceptors (Lipinski definition) is 0. The molecule has 1 aromatic carbocycles. The van der Waals surface area contributed by atoms with Crippen molar-refractivity contribution in [1.29, 1.82) is 0 Å². The van der Waals surface area contributed by atoms with E-state index in [1.165, 1.54) is 13.0 Å². The minimum absolute atomic E-state index is 0.296. The van der Waals surface area contributed by atoms with E-state index in [4.69, 9.17) is 0 Å². The third-order valence-corrected chi connectivity index (χ3v) is 2.51. The SMILES string of the molecule is Cc1cc(Br)cc(C(C)C(F)(F)F)c1. The molecule has 78 valence electrons. The van der Waals surface area contributed by atoms with Gasteiger partial charge < -0.3 is 0 Å². The Bertz CT molecular complexity index is 310. The molecule has 0 aliphatic carbocycles. The Kier molecular flexibility index (Phi) is 3.24. The molecule has 0 heterocycles. The summed E-state index contributed by atoms with van der Waals surface area (Å²) in [6.07, 6.45) is -4.17. The zero-order chi connectivity index (χ0) is 10.9. The van der Waals surface area contributed by atoms with Gasteiger partial charge in [-0.05, 0) is 37.1 Å². The topological polar surface area (TPSA) is 0 Å². The van der Waals surface area contributed by atoms with Gasteiger partial charge >= 0.3 is 6.18 Å². The van der Waals surface area contributed by atoms with Crippen molar-refractivity contribution in [3.63, 3.8) is 0 Å². The molecule has 14 heavy (non-hydrogen) atoms. The average Bonchev–Trinajstić information content (AvgIpc) is 1.99. The molecule has 0 aromatic heterocycles. The first-order valence-electron chi connectivity index (χ1n) is 4.14. The van der Waals surface area contributed by atoms with Crippen LogP contribution in [0.1, 0.15) is 24.0 Å². The molecule has 4 heteroatoms. The van der Waals surface area contributed by atoms with Crippen molar-refractivity contribution in [2.24, 2.45) is 0 Å². The van der Waals surface area contributed by atoms with E-state index in [1.54, 1.807) is 19.1 Å². The van der Waals surface area contributed by atoms with Crippen LogP contribution >= 0.6 is 15.9 Å². The third-order valence-electron chi connectivity index (χ3n) is 2.06. The monoisotopic (exact) mass is 266 g/mol. The van der Waals surface area contributed by atoms with Crippen LogP contribution in [0.2, 0.25) is 0 Å². The number of benzene rings is 1. The summed E-state index contributed by atoms with van der Waals surface area (Å²) in [4.78, 5) is 0. The summed E-state index contributed by atoms with van der Waals surface area (Å²) in [5.41, 5.74) is 1.12. The maximum absolute atomic E-state index is 12.4. The molecular formula is C10H10BrF3. The molecule has 0 saturated heterocycles. The lowest BCUT2D eigenvalue weighted by Crippen LogP contribution is -2.17. The van der Waals surface area contributed by atoms with Gasteiger partial charge in [0.15, 0.2) is 0 Å². The van der Waals surface area contributed by atoms with Crippen LogP contribution in [0.15, 0.2) is 22.7 Å². The molecule has 0 bridgehead atoms. The van der Waals surface area contributed by atoms with E-state index in [0.29, 0.717) is 10.0 Å². The van der Waals surface area contributed by atoms with Crippen LogP contribution in [0.3, 0.4) is 0 Å². The lowest BCUT2D eigenvalue weighted by Gasteiger charge is -2.16. The Morgan fingerprint density at radius 2 is 1.79 bits per heavy atom. The first-order valence-corrected chi connectivity index (χ1v) is 4.94. The molecule has 0 fully saturated rings. The molecule has 0 nitrogen and oxygen atoms in total. The van der Waals surface area contributed by atoms with Gasteiger partial charge in [0.1, 0.15) is 0 Å². The predicted octanol–water partition coefficient (Wildman–Crippen LogP) is 4.42. The standard InChI is InChI=1S/C10H10BrF3/c1-6-3-8(5-9(11)4-6)7(2)10(12,13)14/h3-5,7H,1-2H3. The summed E-state index contributed by atoms with van der Waals surface area (Å²) in [6, 6.07) is 4.85. The summed E-state index contributed by atoms with van der Waals surface area (Å²) in [6.45, 7) is 2.94. The number of aryl methyl sites for hydroxylation is 1. The van der Waals surface area contributed by atoms with Gasteiger partial charge in [-0.25, -0.2) is 0 Å². The molecule has 1 rings (SSSR count). The fraction of sp³-hybridized carbons (Fsp3) is 0.400. The summed E-state index contributed by atoms with van der Waals surface area (Å²) >= 11 is 3.18. The van der Waals surface area contributed by atoms with E-state index in [0.717, 1.165) is 5.56 Å². The molecule has 1 aromatic rings. The zero-order valence-electron chi connectivity index (χ0n) is 7.82. The summed E-state index contributed by atoms with van der Waals surface area (Å²) < 4.78 is 37.8. The summed E-state index contributed by atoms with van der Waals surface area (Å²) in [5.74, 6) is -1.42. The Morgan fingerprint density at radius 1 is 1.21 bits per heavy atom. The van der Waals surface area contributed by atoms with E-state index >= 15 is 0 Å². The van der Waals surface area contributed by atoms with Gasteiger partial charge in [0.25, 0.3) is 0 Å². The van der Waals surface area contributed by atoms with Crippen LogP contribution in [0, 0.1) is 6.92 Å². The number of hydrogen-bond donors (Lipinski definition) is 0. The highest BCUT2D eigenvalue weighted by atomic mass is 79.9. The van der Waals surface area contributed by atoms with Gasteiger partial charge in [0.2, 0.25) is 0 Å². The highest BCUT2D eigenvalue weighted by Crippen LogP contribution is 2.35. The normalized spacial score (nSPS) is 14.1. The molecule has 0 spiro atoms. The van der Waals surface area contributed by atoms with Gasteiger partial charge in [-0.1, -0.05) is 22.0 Å². The molecule has 1 unspecified atom stereocenters. The second kappa shape index (κ2) is 3.93. The van der Waals surface area contributed by atoms with E-state index in [9.17, 15) is 13.2 Å². The largest absolute Gasteiger partial charge is 0.395 e. The second-order valence-electron chi connectivity index (χ2n) is 3.33. The van der Waals surface area contributed by atoms with Gasteiger partial charge in [-0.15, -0.1) is 0 Å². The third kappa shape index (κ3) is 2.74. The zero-order valence-corrected chi connectivity index (χ0v) is 9.41. The molecule has 0 aliphatic heterocycles. The second-order valence-corrected chi connectivity index (χ2v) is 4.24. The molecule has 0 N–H and O–H groups in total. The molecule has 0 radical (unpaired) electrons. The molecule has 1 atom stereocenters. The highest BCUT2D eigenvalue weighted by molar-refractivity contribution is 9.10. The first-order chi connectivity index (χ1) is 6.30. The van der Waals surface area contributed by atoms with Crippen LogP contribution in [0.4, 0.5) is 13.2 Å². The predicted molar refractivity (Wildman–Crippen MR) is 53.3 cm³/mol. The Morgan fingerprint density at radius 3 is 2.21 bits per heavy atom. The lowest BCUT2D eigenvalue weighted by atomic mass is 9.99. The Labute approximate surface area is 89.3 Å². The molecule has 0 amide bonds. The van der Waals surface area contributed by atoms with Crippen LogP contribution in [-0.4, -0.2) is 6.18 Å². The van der Waals surface area contributed by atoms with Gasteiger partial charge in [-0.3, -0.25) is 0 Å². The average molecular weight is 267 g/mol. The maximum atomic E-state index is 12.4. The summed E-state index contributed by atoms with van der Waals surface area (Å²) in [5, 5.41) is 0. The fourth-order valence-corrected chi connectivity index (χ4v) is 1.83. The van der Waals surface area contributed by atoms with E-state index in [1.807, 2.05) is 0 Å². The van der Waals surface area contributed by atoms with Crippen LogP contribution in [0.25, 0.3) is 0 Å². The molecular weight excluding hydrogens is 257 g/mol. The lowest BCUT2D eigenvalue weighted by molar-refractivity contribution is -0.146. The number of alkyl halides is 3. The fourth-order valence-electron chi connectivity index (χ4n) is 1.20. The van der Waals surface area contributed by atoms with Crippen molar-refractivity contribution in [3.8, 4) is 0 Å². The smallest absolute Gasteiger partial charge is 0.170 e. The van der Waals surface area contributed by atoms with Crippen LogP contribution < -0.4 is 0 Å². The highest BCUT2D eigenvalue weighted by Gasteiger charge is 2.37.